The highest BCUT2D eigenvalue weighted by atomic mass is 15.2. The zero-order valence-electron chi connectivity index (χ0n) is 26.8. The van der Waals surface area contributed by atoms with Crippen LogP contribution in [0.2, 0.25) is 0 Å². The largest absolute Gasteiger partial charge is 0.278 e. The van der Waals surface area contributed by atoms with Crippen molar-refractivity contribution in [3.8, 4) is 39.5 Å². The average Bonchev–Trinajstić information content (AvgIpc) is 3.58. The summed E-state index contributed by atoms with van der Waals surface area (Å²) >= 11 is 0. The SMILES string of the molecule is CC1(C)c2cc(-c3ccccc3)ccc2-c2cc3c(cc21)c1ccccc1n3-c1nc(-c2ccc3ccccc3c2)c2ccccc2n1. The first-order valence-electron chi connectivity index (χ1n) is 16.6. The van der Waals surface area contributed by atoms with Crippen LogP contribution in [0, 0.1) is 0 Å². The molecule has 10 rings (SSSR count). The van der Waals surface area contributed by atoms with Crippen LogP contribution < -0.4 is 0 Å². The monoisotopic (exact) mass is 613 g/mol. The zero-order chi connectivity index (χ0) is 32.0. The van der Waals surface area contributed by atoms with Gasteiger partial charge in [0.15, 0.2) is 0 Å². The van der Waals surface area contributed by atoms with Gasteiger partial charge in [0, 0.05) is 27.1 Å². The Bertz CT molecular complexity index is 2750. The van der Waals surface area contributed by atoms with Crippen molar-refractivity contribution in [3.63, 3.8) is 0 Å². The molecule has 48 heavy (non-hydrogen) atoms. The van der Waals surface area contributed by atoms with Crippen LogP contribution in [0.1, 0.15) is 25.0 Å². The number of para-hydroxylation sites is 2. The van der Waals surface area contributed by atoms with Gasteiger partial charge in [0.25, 0.3) is 0 Å². The van der Waals surface area contributed by atoms with Gasteiger partial charge in [-0.3, -0.25) is 4.57 Å². The van der Waals surface area contributed by atoms with E-state index < -0.39 is 0 Å². The van der Waals surface area contributed by atoms with Crippen molar-refractivity contribution in [1.82, 2.24) is 14.5 Å². The van der Waals surface area contributed by atoms with Crippen molar-refractivity contribution in [2.45, 2.75) is 19.3 Å². The third kappa shape index (κ3) is 3.88. The second-order valence-electron chi connectivity index (χ2n) is 13.5. The lowest BCUT2D eigenvalue weighted by atomic mass is 9.81. The van der Waals surface area contributed by atoms with Gasteiger partial charge < -0.3 is 0 Å². The quantitative estimate of drug-likeness (QED) is 0.198. The van der Waals surface area contributed by atoms with Crippen LogP contribution in [-0.2, 0) is 5.41 Å². The first-order valence-corrected chi connectivity index (χ1v) is 16.6. The van der Waals surface area contributed by atoms with Gasteiger partial charge in [0.1, 0.15) is 0 Å². The third-order valence-corrected chi connectivity index (χ3v) is 10.4. The lowest BCUT2D eigenvalue weighted by Crippen LogP contribution is -2.15. The molecule has 0 saturated carbocycles. The standard InChI is InChI=1S/C45H31N3/c1-45(2)38-25-31(28-12-4-3-5-13-28)22-23-33(38)36-27-42-37(26-39(36)45)34-16-9-11-19-41(34)48(42)44-46-40-18-10-8-17-35(40)43(47-44)32-21-20-29-14-6-7-15-30(29)24-32/h3-27H,1-2H3. The van der Waals surface area contributed by atoms with Crippen molar-refractivity contribution in [2.75, 3.05) is 0 Å². The summed E-state index contributed by atoms with van der Waals surface area (Å²) in [7, 11) is 0. The Morgan fingerprint density at radius 2 is 1.17 bits per heavy atom. The molecule has 0 amide bonds. The summed E-state index contributed by atoms with van der Waals surface area (Å²) < 4.78 is 2.27. The maximum Gasteiger partial charge on any atom is 0.235 e. The topological polar surface area (TPSA) is 30.7 Å². The minimum absolute atomic E-state index is 0.143. The number of hydrogen-bond acceptors (Lipinski definition) is 2. The predicted molar refractivity (Wildman–Crippen MR) is 200 cm³/mol. The van der Waals surface area contributed by atoms with Crippen LogP contribution in [0.4, 0.5) is 0 Å². The summed E-state index contributed by atoms with van der Waals surface area (Å²) in [5.74, 6) is 0.680. The summed E-state index contributed by atoms with van der Waals surface area (Å²) in [6, 6.07) is 54.6. The molecule has 1 aliphatic rings. The predicted octanol–water partition coefficient (Wildman–Crippen LogP) is 11.5. The molecule has 0 N–H and O–H groups in total. The van der Waals surface area contributed by atoms with E-state index in [4.69, 9.17) is 9.97 Å². The maximum absolute atomic E-state index is 5.38. The van der Waals surface area contributed by atoms with Gasteiger partial charge in [-0.2, -0.15) is 0 Å². The van der Waals surface area contributed by atoms with Gasteiger partial charge in [0.05, 0.1) is 22.2 Å². The first kappa shape index (κ1) is 27.1. The molecule has 0 radical (unpaired) electrons. The van der Waals surface area contributed by atoms with E-state index in [0.29, 0.717) is 5.95 Å². The molecule has 9 aromatic rings. The molecule has 0 atom stereocenters. The molecule has 2 aromatic heterocycles. The summed E-state index contributed by atoms with van der Waals surface area (Å²) in [4.78, 5) is 10.6. The van der Waals surface area contributed by atoms with Crippen molar-refractivity contribution in [1.29, 1.82) is 0 Å². The molecule has 0 aliphatic heterocycles. The van der Waals surface area contributed by atoms with E-state index in [0.717, 1.165) is 33.2 Å². The van der Waals surface area contributed by atoms with Crippen molar-refractivity contribution in [3.05, 3.63) is 163 Å². The van der Waals surface area contributed by atoms with Crippen LogP contribution in [0.15, 0.2) is 152 Å². The Morgan fingerprint density at radius 3 is 2.04 bits per heavy atom. The number of rotatable bonds is 3. The first-order chi connectivity index (χ1) is 23.5. The fourth-order valence-electron chi connectivity index (χ4n) is 7.94. The zero-order valence-corrected chi connectivity index (χ0v) is 26.8. The molecule has 226 valence electrons. The van der Waals surface area contributed by atoms with E-state index in [1.54, 1.807) is 0 Å². The summed E-state index contributed by atoms with van der Waals surface area (Å²) in [6.07, 6.45) is 0. The van der Waals surface area contributed by atoms with Gasteiger partial charge in [-0.25, -0.2) is 9.97 Å². The van der Waals surface area contributed by atoms with Gasteiger partial charge in [-0.1, -0.05) is 129 Å². The molecule has 0 bridgehead atoms. The lowest BCUT2D eigenvalue weighted by molar-refractivity contribution is 0.661. The number of benzene rings is 7. The van der Waals surface area contributed by atoms with E-state index >= 15 is 0 Å². The number of fused-ring (bicyclic) bond motifs is 8. The third-order valence-electron chi connectivity index (χ3n) is 10.4. The van der Waals surface area contributed by atoms with Crippen molar-refractivity contribution in [2.24, 2.45) is 0 Å². The average molecular weight is 614 g/mol. The van der Waals surface area contributed by atoms with Gasteiger partial charge in [-0.05, 0) is 80.6 Å². The van der Waals surface area contributed by atoms with Crippen LogP contribution >= 0.6 is 0 Å². The minimum Gasteiger partial charge on any atom is -0.278 e. The lowest BCUT2D eigenvalue weighted by Gasteiger charge is -2.22. The van der Waals surface area contributed by atoms with E-state index in [-0.39, 0.29) is 5.41 Å². The Hall–Kier alpha value is -6.06. The molecule has 0 saturated heterocycles. The molecular formula is C45H31N3. The van der Waals surface area contributed by atoms with Crippen molar-refractivity contribution < 1.29 is 0 Å². The van der Waals surface area contributed by atoms with Crippen LogP contribution in [0.5, 0.6) is 0 Å². The van der Waals surface area contributed by atoms with E-state index in [1.807, 2.05) is 0 Å². The van der Waals surface area contributed by atoms with Gasteiger partial charge in [-0.15, -0.1) is 0 Å². The molecule has 1 aliphatic carbocycles. The molecule has 0 spiro atoms. The van der Waals surface area contributed by atoms with Crippen LogP contribution in [-0.4, -0.2) is 14.5 Å². The normalized spacial score (nSPS) is 13.4. The molecule has 2 heterocycles. The van der Waals surface area contributed by atoms with Gasteiger partial charge in [0.2, 0.25) is 5.95 Å². The van der Waals surface area contributed by atoms with Crippen molar-refractivity contribution >= 4 is 43.5 Å². The Morgan fingerprint density at radius 1 is 0.458 bits per heavy atom. The van der Waals surface area contributed by atoms with Crippen LogP contribution in [0.25, 0.3) is 82.9 Å². The van der Waals surface area contributed by atoms with E-state index in [9.17, 15) is 0 Å². The Labute approximate surface area is 278 Å². The fraction of sp³-hybridized carbons (Fsp3) is 0.0667. The summed E-state index contributed by atoms with van der Waals surface area (Å²) in [5.41, 5.74) is 12.8. The highest BCUT2D eigenvalue weighted by Crippen LogP contribution is 2.52. The second kappa shape index (κ2) is 9.97. The van der Waals surface area contributed by atoms with E-state index in [2.05, 4.69) is 170 Å². The van der Waals surface area contributed by atoms with E-state index in [1.165, 1.54) is 54.9 Å². The summed E-state index contributed by atoms with van der Waals surface area (Å²) in [5, 5.41) is 5.88. The summed E-state index contributed by atoms with van der Waals surface area (Å²) in [6.45, 7) is 4.72. The van der Waals surface area contributed by atoms with Crippen LogP contribution in [0.3, 0.4) is 0 Å². The maximum atomic E-state index is 5.38. The fourth-order valence-corrected chi connectivity index (χ4v) is 7.94. The minimum atomic E-state index is -0.143. The second-order valence-corrected chi connectivity index (χ2v) is 13.5. The highest BCUT2D eigenvalue weighted by Gasteiger charge is 2.36. The molecular weight excluding hydrogens is 583 g/mol. The molecule has 7 aromatic carbocycles. The molecule has 0 fully saturated rings. The Balaban J connectivity index is 1.24. The number of nitrogens with zero attached hydrogens (tertiary/aromatic N) is 3. The highest BCUT2D eigenvalue weighted by molar-refractivity contribution is 6.11. The number of hydrogen-bond donors (Lipinski definition) is 0. The smallest absolute Gasteiger partial charge is 0.235 e. The number of aromatic nitrogens is 3. The molecule has 3 heteroatoms. The Kier molecular flexibility index (Phi) is 5.63. The molecule has 0 unspecified atom stereocenters. The van der Waals surface area contributed by atoms with Gasteiger partial charge >= 0.3 is 0 Å². The molecule has 3 nitrogen and oxygen atoms in total.